The summed E-state index contributed by atoms with van der Waals surface area (Å²) in [6.07, 6.45) is 1.25. The van der Waals surface area contributed by atoms with E-state index in [9.17, 15) is 0 Å². The van der Waals surface area contributed by atoms with E-state index >= 15 is 0 Å². The molecule has 1 aromatic rings. The van der Waals surface area contributed by atoms with E-state index in [4.69, 9.17) is 11.6 Å². The Hall–Kier alpha value is 0.230. The van der Waals surface area contributed by atoms with E-state index in [1.54, 1.807) is 11.3 Å². The van der Waals surface area contributed by atoms with Crippen molar-refractivity contribution in [3.63, 3.8) is 0 Å². The van der Waals surface area contributed by atoms with Crippen LogP contribution in [0.25, 0.3) is 0 Å². The van der Waals surface area contributed by atoms with Crippen LogP contribution in [-0.4, -0.2) is 33.5 Å². The number of alkyl halides is 1. The van der Waals surface area contributed by atoms with Crippen LogP contribution in [0.15, 0.2) is 5.38 Å². The molecular formula is C13H21ClN2S2. The van der Waals surface area contributed by atoms with Gasteiger partial charge in [0.25, 0.3) is 0 Å². The van der Waals surface area contributed by atoms with E-state index in [1.807, 2.05) is 0 Å². The van der Waals surface area contributed by atoms with Crippen LogP contribution in [0.3, 0.4) is 0 Å². The van der Waals surface area contributed by atoms with Gasteiger partial charge in [0.2, 0.25) is 0 Å². The molecule has 102 valence electrons. The lowest BCUT2D eigenvalue weighted by molar-refractivity contribution is 0.219. The summed E-state index contributed by atoms with van der Waals surface area (Å²) < 4.78 is 0.415. The molecule has 1 atom stereocenters. The fourth-order valence-electron chi connectivity index (χ4n) is 2.16. The minimum Gasteiger partial charge on any atom is -0.293 e. The highest BCUT2D eigenvalue weighted by molar-refractivity contribution is 8.00. The molecule has 0 aromatic carbocycles. The van der Waals surface area contributed by atoms with E-state index in [1.165, 1.54) is 17.2 Å². The highest BCUT2D eigenvalue weighted by atomic mass is 35.5. The topological polar surface area (TPSA) is 16.1 Å². The van der Waals surface area contributed by atoms with Gasteiger partial charge in [-0.2, -0.15) is 11.8 Å². The number of rotatable bonds is 3. The Morgan fingerprint density at radius 1 is 1.50 bits per heavy atom. The minimum absolute atomic E-state index is 0.415. The Balaban J connectivity index is 2.02. The number of hydrogen-bond acceptors (Lipinski definition) is 4. The fraction of sp³-hybridized carbons (Fsp3) is 0.769. The number of thioether (sulfide) groups is 1. The highest BCUT2D eigenvalue weighted by Crippen LogP contribution is 2.34. The summed E-state index contributed by atoms with van der Waals surface area (Å²) in [6, 6.07) is 0.418. The van der Waals surface area contributed by atoms with Gasteiger partial charge in [-0.05, 0) is 13.3 Å². The van der Waals surface area contributed by atoms with Crippen molar-refractivity contribution < 1.29 is 0 Å². The molecule has 1 aromatic heterocycles. The van der Waals surface area contributed by atoms with E-state index in [2.05, 4.69) is 47.8 Å². The SMILES string of the molecule is CC(c1nc(CCl)cs1)N1CCSC(C)(C)CC1. The first-order chi connectivity index (χ1) is 8.52. The maximum atomic E-state index is 5.82. The second-order valence-electron chi connectivity index (χ2n) is 5.38. The summed E-state index contributed by atoms with van der Waals surface area (Å²) in [4.78, 5) is 7.16. The predicted octanol–water partition coefficient (Wildman–Crippen LogP) is 4.16. The quantitative estimate of drug-likeness (QED) is 0.780. The third-order valence-corrected chi connectivity index (χ3v) is 6.19. The molecule has 18 heavy (non-hydrogen) atoms. The first kappa shape index (κ1) is 14.6. The van der Waals surface area contributed by atoms with Gasteiger partial charge in [0.15, 0.2) is 0 Å². The molecule has 0 radical (unpaired) electrons. The molecule has 0 bridgehead atoms. The summed E-state index contributed by atoms with van der Waals surface area (Å²) in [6.45, 7) is 9.28. The lowest BCUT2D eigenvalue weighted by atomic mass is 10.1. The zero-order valence-electron chi connectivity index (χ0n) is 11.3. The lowest BCUT2D eigenvalue weighted by Crippen LogP contribution is -2.30. The van der Waals surface area contributed by atoms with Crippen molar-refractivity contribution in [2.45, 2.75) is 43.9 Å². The van der Waals surface area contributed by atoms with Crippen molar-refractivity contribution in [3.8, 4) is 0 Å². The molecule has 1 aliphatic rings. The van der Waals surface area contributed by atoms with Crippen LogP contribution >= 0.6 is 34.7 Å². The average molecular weight is 305 g/mol. The van der Waals surface area contributed by atoms with Gasteiger partial charge in [-0.1, -0.05) is 13.8 Å². The second-order valence-corrected chi connectivity index (χ2v) is 8.34. The Kier molecular flexibility index (Phi) is 4.98. The van der Waals surface area contributed by atoms with Crippen LogP contribution in [0.4, 0.5) is 0 Å². The fourth-order valence-corrected chi connectivity index (χ4v) is 4.41. The smallest absolute Gasteiger partial charge is 0.110 e. The van der Waals surface area contributed by atoms with Crippen LogP contribution in [0.5, 0.6) is 0 Å². The van der Waals surface area contributed by atoms with E-state index < -0.39 is 0 Å². The van der Waals surface area contributed by atoms with Gasteiger partial charge in [-0.3, -0.25) is 4.90 Å². The molecule has 2 rings (SSSR count). The second kappa shape index (κ2) is 6.12. The Bertz CT molecular complexity index is 392. The first-order valence-electron chi connectivity index (χ1n) is 6.40. The molecule has 0 spiro atoms. The van der Waals surface area contributed by atoms with Crippen LogP contribution in [0.1, 0.15) is 43.9 Å². The van der Waals surface area contributed by atoms with Gasteiger partial charge in [-0.15, -0.1) is 22.9 Å². The average Bonchev–Trinajstić information content (AvgIpc) is 2.74. The molecule has 0 N–H and O–H groups in total. The Labute approximate surface area is 123 Å². The Morgan fingerprint density at radius 2 is 2.28 bits per heavy atom. The number of hydrogen-bond donors (Lipinski definition) is 0. The van der Waals surface area contributed by atoms with Gasteiger partial charge < -0.3 is 0 Å². The molecule has 2 heterocycles. The van der Waals surface area contributed by atoms with Gasteiger partial charge in [0.05, 0.1) is 17.6 Å². The van der Waals surface area contributed by atoms with Gasteiger partial charge in [-0.25, -0.2) is 4.98 Å². The molecule has 0 aliphatic carbocycles. The number of halogens is 1. The first-order valence-corrected chi connectivity index (χ1v) is 8.80. The van der Waals surface area contributed by atoms with E-state index in [-0.39, 0.29) is 0 Å². The Morgan fingerprint density at radius 3 is 2.94 bits per heavy atom. The highest BCUT2D eigenvalue weighted by Gasteiger charge is 2.27. The van der Waals surface area contributed by atoms with Crippen LogP contribution in [0.2, 0.25) is 0 Å². The minimum atomic E-state index is 0.415. The third kappa shape index (κ3) is 3.62. The summed E-state index contributed by atoms with van der Waals surface area (Å²) in [5.41, 5.74) is 1.01. The van der Waals surface area contributed by atoms with Gasteiger partial charge in [0.1, 0.15) is 5.01 Å². The van der Waals surface area contributed by atoms with E-state index in [0.29, 0.717) is 16.7 Å². The summed E-state index contributed by atoms with van der Waals surface area (Å²) in [5.74, 6) is 1.73. The molecule has 5 heteroatoms. The van der Waals surface area contributed by atoms with Gasteiger partial charge in [0, 0.05) is 29.0 Å². The van der Waals surface area contributed by atoms with Crippen molar-refractivity contribution in [1.82, 2.24) is 9.88 Å². The molecule has 1 unspecified atom stereocenters. The summed E-state index contributed by atoms with van der Waals surface area (Å²) in [7, 11) is 0. The van der Waals surface area contributed by atoms with Crippen LogP contribution in [-0.2, 0) is 5.88 Å². The third-order valence-electron chi connectivity index (χ3n) is 3.48. The van der Waals surface area contributed by atoms with Crippen molar-refractivity contribution in [3.05, 3.63) is 16.1 Å². The molecule has 1 fully saturated rings. The number of aromatic nitrogens is 1. The lowest BCUT2D eigenvalue weighted by Gasteiger charge is -2.26. The normalized spacial score (nSPS) is 22.7. The summed E-state index contributed by atoms with van der Waals surface area (Å²) >= 11 is 9.65. The van der Waals surface area contributed by atoms with E-state index in [0.717, 1.165) is 18.8 Å². The largest absolute Gasteiger partial charge is 0.293 e. The summed E-state index contributed by atoms with van der Waals surface area (Å²) in [5, 5.41) is 3.28. The molecule has 1 saturated heterocycles. The molecule has 0 amide bonds. The maximum Gasteiger partial charge on any atom is 0.110 e. The van der Waals surface area contributed by atoms with Crippen molar-refractivity contribution in [2.24, 2.45) is 0 Å². The zero-order chi connectivity index (χ0) is 13.2. The van der Waals surface area contributed by atoms with Crippen LogP contribution < -0.4 is 0 Å². The molecular weight excluding hydrogens is 284 g/mol. The van der Waals surface area contributed by atoms with Crippen molar-refractivity contribution in [1.29, 1.82) is 0 Å². The van der Waals surface area contributed by atoms with Gasteiger partial charge >= 0.3 is 0 Å². The van der Waals surface area contributed by atoms with Crippen molar-refractivity contribution in [2.75, 3.05) is 18.8 Å². The standard InChI is InChI=1S/C13H21ClN2S2/c1-10(12-15-11(8-14)9-17-12)16-5-4-13(2,3)18-7-6-16/h9-10H,4-8H2,1-3H3. The zero-order valence-corrected chi connectivity index (χ0v) is 13.7. The molecule has 2 nitrogen and oxygen atoms in total. The monoisotopic (exact) mass is 304 g/mol. The van der Waals surface area contributed by atoms with Crippen molar-refractivity contribution >= 4 is 34.7 Å². The number of nitrogens with zero attached hydrogens (tertiary/aromatic N) is 2. The predicted molar refractivity (Wildman–Crippen MR) is 82.8 cm³/mol. The molecule has 0 saturated carbocycles. The molecule has 1 aliphatic heterocycles. The van der Waals surface area contributed by atoms with Crippen LogP contribution in [0, 0.1) is 0 Å². The maximum absolute atomic E-state index is 5.82. The number of thiazole rings is 1.